The fourth-order valence-electron chi connectivity index (χ4n) is 1.92. The zero-order chi connectivity index (χ0) is 15.5. The number of hydrogen-bond donors (Lipinski definition) is 0. The molecular weight excluding hydrogens is 290 g/mol. The number of hydrogen-bond acceptors (Lipinski definition) is 3. The summed E-state index contributed by atoms with van der Waals surface area (Å²) < 4.78 is 10.7. The molecule has 0 aliphatic carbocycles. The van der Waals surface area contributed by atoms with Crippen LogP contribution in [-0.2, 0) is 15.4 Å². The van der Waals surface area contributed by atoms with Crippen molar-refractivity contribution in [1.82, 2.24) is 4.90 Å². The van der Waals surface area contributed by atoms with Crippen LogP contribution in [0.25, 0.3) is 0 Å². The van der Waals surface area contributed by atoms with Crippen LogP contribution >= 0.6 is 11.6 Å². The van der Waals surface area contributed by atoms with Crippen molar-refractivity contribution in [3.63, 3.8) is 0 Å². The first kappa shape index (κ1) is 18.0. The summed E-state index contributed by atoms with van der Waals surface area (Å²) >= 11 is 5.82. The average Bonchev–Trinajstić information content (AvgIpc) is 2.53. The highest BCUT2D eigenvalue weighted by Crippen LogP contribution is 2.10. The molecule has 5 heteroatoms. The van der Waals surface area contributed by atoms with Crippen LogP contribution in [0.5, 0.6) is 0 Å². The summed E-state index contributed by atoms with van der Waals surface area (Å²) in [7, 11) is 0. The van der Waals surface area contributed by atoms with Crippen molar-refractivity contribution >= 4 is 17.5 Å². The number of carbonyl (C=O) groups excluding carboxylic acids is 1. The number of benzene rings is 1. The summed E-state index contributed by atoms with van der Waals surface area (Å²) in [5.74, 6) is 0.389. The molecule has 118 valence electrons. The van der Waals surface area contributed by atoms with Gasteiger partial charge in [-0.25, -0.2) is 0 Å². The van der Waals surface area contributed by atoms with E-state index in [1.807, 2.05) is 38.1 Å². The monoisotopic (exact) mass is 313 g/mol. The first-order valence-electron chi connectivity index (χ1n) is 7.32. The van der Waals surface area contributed by atoms with Crippen LogP contribution in [0, 0.1) is 0 Å². The van der Waals surface area contributed by atoms with Crippen molar-refractivity contribution in [3.8, 4) is 0 Å². The largest absolute Gasteiger partial charge is 0.380 e. The minimum absolute atomic E-state index is 0.0126. The number of rotatable bonds is 10. The summed E-state index contributed by atoms with van der Waals surface area (Å²) in [5.41, 5.74) is 1.60. The van der Waals surface area contributed by atoms with E-state index >= 15 is 0 Å². The molecule has 1 amide bonds. The molecule has 1 aromatic rings. The maximum Gasteiger partial charge on any atom is 0.254 e. The Kier molecular flexibility index (Phi) is 9.06. The van der Waals surface area contributed by atoms with Gasteiger partial charge in [-0.3, -0.25) is 4.79 Å². The lowest BCUT2D eigenvalue weighted by atomic mass is 10.1. The molecule has 0 atom stereocenters. The Bertz CT molecular complexity index is 416. The van der Waals surface area contributed by atoms with Gasteiger partial charge in [0.2, 0.25) is 0 Å². The van der Waals surface area contributed by atoms with E-state index in [1.165, 1.54) is 0 Å². The first-order chi connectivity index (χ1) is 10.2. The standard InChI is InChI=1S/C16H24ClNO3/c1-3-20-10-8-18(9-11-21-4-2)16(19)15-7-5-6-14(12-15)13-17/h5-7,12H,3-4,8-11,13H2,1-2H3. The lowest BCUT2D eigenvalue weighted by Gasteiger charge is -2.22. The van der Waals surface area contributed by atoms with E-state index in [-0.39, 0.29) is 5.91 Å². The lowest BCUT2D eigenvalue weighted by Crippen LogP contribution is -2.36. The molecule has 0 bridgehead atoms. The highest BCUT2D eigenvalue weighted by Gasteiger charge is 2.15. The molecule has 0 aliphatic heterocycles. The molecule has 4 nitrogen and oxygen atoms in total. The SMILES string of the molecule is CCOCCN(CCOCC)C(=O)c1cccc(CCl)c1. The zero-order valence-corrected chi connectivity index (χ0v) is 13.6. The van der Waals surface area contributed by atoms with Gasteiger partial charge in [0.1, 0.15) is 0 Å². The van der Waals surface area contributed by atoms with Gasteiger partial charge in [-0.15, -0.1) is 11.6 Å². The molecule has 0 aliphatic rings. The fraction of sp³-hybridized carbons (Fsp3) is 0.562. The van der Waals surface area contributed by atoms with Crippen LogP contribution in [-0.4, -0.2) is 50.3 Å². The second kappa shape index (κ2) is 10.6. The third-order valence-electron chi connectivity index (χ3n) is 3.03. The van der Waals surface area contributed by atoms with Gasteiger partial charge in [-0.1, -0.05) is 12.1 Å². The molecule has 0 saturated carbocycles. The predicted octanol–water partition coefficient (Wildman–Crippen LogP) is 2.94. The summed E-state index contributed by atoms with van der Waals surface area (Å²) in [6.45, 7) is 7.36. The van der Waals surface area contributed by atoms with E-state index in [4.69, 9.17) is 21.1 Å². The van der Waals surface area contributed by atoms with Gasteiger partial charge in [0, 0.05) is 37.7 Å². The van der Waals surface area contributed by atoms with Gasteiger partial charge >= 0.3 is 0 Å². The summed E-state index contributed by atoms with van der Waals surface area (Å²) in [6.07, 6.45) is 0. The third-order valence-corrected chi connectivity index (χ3v) is 3.34. The Morgan fingerprint density at radius 1 is 1.14 bits per heavy atom. The molecule has 21 heavy (non-hydrogen) atoms. The van der Waals surface area contributed by atoms with Crippen LogP contribution < -0.4 is 0 Å². The Hall–Kier alpha value is -1.10. The molecular formula is C16H24ClNO3. The van der Waals surface area contributed by atoms with E-state index in [2.05, 4.69) is 0 Å². The van der Waals surface area contributed by atoms with E-state index < -0.39 is 0 Å². The van der Waals surface area contributed by atoms with Crippen LogP contribution in [0.15, 0.2) is 24.3 Å². The molecule has 0 radical (unpaired) electrons. The molecule has 0 saturated heterocycles. The second-order valence-corrected chi connectivity index (χ2v) is 4.79. The van der Waals surface area contributed by atoms with E-state index in [9.17, 15) is 4.79 Å². The smallest absolute Gasteiger partial charge is 0.254 e. The molecule has 0 heterocycles. The molecule has 0 spiro atoms. The van der Waals surface area contributed by atoms with Crippen LogP contribution in [0.2, 0.25) is 0 Å². The van der Waals surface area contributed by atoms with Gasteiger partial charge in [0.25, 0.3) is 5.91 Å². The van der Waals surface area contributed by atoms with Crippen LogP contribution in [0.3, 0.4) is 0 Å². The fourth-order valence-corrected chi connectivity index (χ4v) is 2.09. The number of alkyl halides is 1. The van der Waals surface area contributed by atoms with Crippen molar-refractivity contribution in [2.45, 2.75) is 19.7 Å². The maximum absolute atomic E-state index is 12.6. The predicted molar refractivity (Wildman–Crippen MR) is 84.9 cm³/mol. The summed E-state index contributed by atoms with van der Waals surface area (Å²) in [5, 5.41) is 0. The number of amides is 1. The molecule has 0 aromatic heterocycles. The van der Waals surface area contributed by atoms with Crippen molar-refractivity contribution in [3.05, 3.63) is 35.4 Å². The topological polar surface area (TPSA) is 38.8 Å². The maximum atomic E-state index is 12.6. The Morgan fingerprint density at radius 3 is 2.29 bits per heavy atom. The van der Waals surface area contributed by atoms with Crippen molar-refractivity contribution in [2.75, 3.05) is 39.5 Å². The number of carbonyl (C=O) groups is 1. The summed E-state index contributed by atoms with van der Waals surface area (Å²) in [4.78, 5) is 14.3. The average molecular weight is 314 g/mol. The van der Waals surface area contributed by atoms with Crippen molar-refractivity contribution in [1.29, 1.82) is 0 Å². The van der Waals surface area contributed by atoms with Crippen LogP contribution in [0.1, 0.15) is 29.8 Å². The Morgan fingerprint density at radius 2 is 1.76 bits per heavy atom. The van der Waals surface area contributed by atoms with Crippen molar-refractivity contribution < 1.29 is 14.3 Å². The molecule has 0 unspecified atom stereocenters. The normalized spacial score (nSPS) is 10.6. The Labute approximate surface area is 132 Å². The van der Waals surface area contributed by atoms with Gasteiger partial charge in [-0.2, -0.15) is 0 Å². The van der Waals surface area contributed by atoms with Gasteiger partial charge in [0.05, 0.1) is 13.2 Å². The van der Waals surface area contributed by atoms with Crippen LogP contribution in [0.4, 0.5) is 0 Å². The highest BCUT2D eigenvalue weighted by atomic mass is 35.5. The minimum Gasteiger partial charge on any atom is -0.380 e. The van der Waals surface area contributed by atoms with E-state index in [0.717, 1.165) is 5.56 Å². The number of nitrogens with zero attached hydrogens (tertiary/aromatic N) is 1. The third kappa shape index (κ3) is 6.46. The number of halogens is 1. The second-order valence-electron chi connectivity index (χ2n) is 4.52. The van der Waals surface area contributed by atoms with Gasteiger partial charge < -0.3 is 14.4 Å². The Balaban J connectivity index is 2.71. The van der Waals surface area contributed by atoms with E-state index in [1.54, 1.807) is 4.90 Å². The molecule has 0 N–H and O–H groups in total. The van der Waals surface area contributed by atoms with Crippen molar-refractivity contribution in [2.24, 2.45) is 0 Å². The van der Waals surface area contributed by atoms with Gasteiger partial charge in [-0.05, 0) is 31.5 Å². The minimum atomic E-state index is -0.0126. The van der Waals surface area contributed by atoms with Gasteiger partial charge in [0.15, 0.2) is 0 Å². The quantitative estimate of drug-likeness (QED) is 0.492. The highest BCUT2D eigenvalue weighted by molar-refractivity contribution is 6.17. The summed E-state index contributed by atoms with van der Waals surface area (Å²) in [6, 6.07) is 7.42. The molecule has 1 rings (SSSR count). The molecule has 1 aromatic carbocycles. The molecule has 0 fully saturated rings. The lowest BCUT2D eigenvalue weighted by molar-refractivity contribution is 0.0550. The first-order valence-corrected chi connectivity index (χ1v) is 7.86. The van der Waals surface area contributed by atoms with E-state index in [0.29, 0.717) is 51.0 Å². The number of ether oxygens (including phenoxy) is 2. The zero-order valence-electron chi connectivity index (χ0n) is 12.8.